The number of fused-ring (bicyclic) bond motifs is 1. The number of aryl methyl sites for hydroxylation is 1. The van der Waals surface area contributed by atoms with E-state index in [1.54, 1.807) is 26.4 Å². The molecule has 0 saturated carbocycles. The van der Waals surface area contributed by atoms with Gasteiger partial charge >= 0.3 is 0 Å². The smallest absolute Gasteiger partial charge is 0.243 e. The van der Waals surface area contributed by atoms with Gasteiger partial charge in [-0.05, 0) is 60.7 Å². The highest BCUT2D eigenvalue weighted by molar-refractivity contribution is 7.89. The van der Waals surface area contributed by atoms with Crippen LogP contribution in [-0.2, 0) is 46.9 Å². The van der Waals surface area contributed by atoms with Gasteiger partial charge in [-0.15, -0.1) is 0 Å². The summed E-state index contributed by atoms with van der Waals surface area (Å²) in [6.07, 6.45) is 0.545. The number of rotatable bonds is 18. The molecule has 2 aliphatic rings. The zero-order chi connectivity index (χ0) is 34.6. The van der Waals surface area contributed by atoms with Gasteiger partial charge in [-0.1, -0.05) is 55.0 Å². The van der Waals surface area contributed by atoms with Crippen LogP contribution in [0.5, 0.6) is 5.75 Å². The molecule has 3 atom stereocenters. The Morgan fingerprint density at radius 3 is 2.27 bits per heavy atom. The number of nitrogens with zero attached hydrogens (tertiary/aromatic N) is 2. The largest absolute Gasteiger partial charge is 0.490 e. The van der Waals surface area contributed by atoms with Crippen LogP contribution in [-0.4, -0.2) is 98.4 Å². The van der Waals surface area contributed by atoms with E-state index in [2.05, 4.69) is 42.2 Å². The lowest BCUT2D eigenvalue weighted by atomic mass is 9.85. The summed E-state index contributed by atoms with van der Waals surface area (Å²) in [5, 5.41) is 0. The van der Waals surface area contributed by atoms with Crippen LogP contribution in [0.1, 0.15) is 41.0 Å². The number of ether oxygens (including phenoxy) is 6. The van der Waals surface area contributed by atoms with E-state index in [1.807, 2.05) is 31.2 Å². The van der Waals surface area contributed by atoms with Crippen molar-refractivity contribution in [2.75, 3.05) is 78.3 Å². The summed E-state index contributed by atoms with van der Waals surface area (Å²) in [6, 6.07) is 21.4. The molecule has 267 valence electrons. The Hall–Kier alpha value is -3.03. The molecule has 0 aromatic heterocycles. The molecule has 0 aliphatic carbocycles. The first-order valence-corrected chi connectivity index (χ1v) is 18.5. The quantitative estimate of drug-likeness (QED) is 0.163. The van der Waals surface area contributed by atoms with Crippen molar-refractivity contribution in [2.24, 2.45) is 0 Å². The van der Waals surface area contributed by atoms with Gasteiger partial charge in [-0.25, -0.2) is 8.42 Å². The predicted molar refractivity (Wildman–Crippen MR) is 190 cm³/mol. The molecule has 0 amide bonds. The zero-order valence-corrected chi connectivity index (χ0v) is 29.9. The summed E-state index contributed by atoms with van der Waals surface area (Å²) in [4.78, 5) is 2.58. The molecule has 3 aromatic carbocycles. The average molecular weight is 696 g/mol. The molecule has 1 fully saturated rings. The second kappa shape index (κ2) is 18.3. The molecule has 3 aromatic rings. The molecule has 1 saturated heterocycles. The van der Waals surface area contributed by atoms with Crippen LogP contribution in [0.4, 0.5) is 5.69 Å². The number of sulfonamides is 1. The van der Waals surface area contributed by atoms with Crippen molar-refractivity contribution < 1.29 is 36.8 Å². The van der Waals surface area contributed by atoms with Gasteiger partial charge < -0.3 is 33.3 Å². The van der Waals surface area contributed by atoms with E-state index in [0.717, 1.165) is 53.2 Å². The molecular weight excluding hydrogens is 644 g/mol. The van der Waals surface area contributed by atoms with Crippen molar-refractivity contribution in [3.63, 3.8) is 0 Å². The molecule has 0 N–H and O–H groups in total. The van der Waals surface area contributed by atoms with E-state index < -0.39 is 22.2 Å². The van der Waals surface area contributed by atoms with Gasteiger partial charge in [0.1, 0.15) is 12.4 Å². The fraction of sp³-hybridized carbons (Fsp3) is 0.500. The van der Waals surface area contributed by atoms with Gasteiger partial charge in [0.25, 0.3) is 0 Å². The van der Waals surface area contributed by atoms with Gasteiger partial charge in [0.05, 0.1) is 55.8 Å². The topological polar surface area (TPSA) is 96.0 Å². The molecule has 10 nitrogen and oxygen atoms in total. The van der Waals surface area contributed by atoms with Crippen LogP contribution in [0.25, 0.3) is 0 Å². The monoisotopic (exact) mass is 695 g/mol. The van der Waals surface area contributed by atoms with Crippen molar-refractivity contribution in [3.05, 3.63) is 95.9 Å². The average Bonchev–Trinajstić information content (AvgIpc) is 3.12. The highest BCUT2D eigenvalue weighted by Gasteiger charge is 2.43. The van der Waals surface area contributed by atoms with E-state index >= 15 is 0 Å². The lowest BCUT2D eigenvalue weighted by Gasteiger charge is -2.43. The second-order valence-electron chi connectivity index (χ2n) is 12.5. The van der Waals surface area contributed by atoms with Crippen LogP contribution in [0.2, 0.25) is 0 Å². The van der Waals surface area contributed by atoms with Crippen molar-refractivity contribution in [2.45, 2.75) is 56.0 Å². The normalized spacial score (nSPS) is 19.8. The summed E-state index contributed by atoms with van der Waals surface area (Å²) in [7, 11) is -0.441. The first-order chi connectivity index (χ1) is 23.8. The Morgan fingerprint density at radius 2 is 1.55 bits per heavy atom. The lowest BCUT2D eigenvalue weighted by Crippen LogP contribution is -2.54. The highest BCUT2D eigenvalue weighted by Crippen LogP contribution is 2.37. The van der Waals surface area contributed by atoms with Crippen LogP contribution in [0.3, 0.4) is 0 Å². The van der Waals surface area contributed by atoms with Gasteiger partial charge in [0.2, 0.25) is 10.0 Å². The van der Waals surface area contributed by atoms with Crippen LogP contribution < -0.4 is 9.64 Å². The Labute approximate surface area is 292 Å². The van der Waals surface area contributed by atoms with Crippen LogP contribution in [0, 0.1) is 13.8 Å². The molecule has 49 heavy (non-hydrogen) atoms. The molecule has 0 bridgehead atoms. The summed E-state index contributed by atoms with van der Waals surface area (Å²) in [5.41, 5.74) is 5.08. The van der Waals surface area contributed by atoms with Gasteiger partial charge in [0, 0.05) is 53.0 Å². The first kappa shape index (κ1) is 37.2. The third-order valence-electron chi connectivity index (χ3n) is 8.99. The maximum absolute atomic E-state index is 14.0. The fourth-order valence-corrected chi connectivity index (χ4v) is 7.85. The van der Waals surface area contributed by atoms with E-state index in [4.69, 9.17) is 28.4 Å². The number of benzene rings is 3. The second-order valence-corrected chi connectivity index (χ2v) is 14.5. The highest BCUT2D eigenvalue weighted by atomic mass is 32.2. The SMILES string of the molecule is [CH2]CCO[C@@H]1CN(S(=O)(=O)c2ccc(C)cc2)C[C@H](OCc2ccc3c(c2)N(CCCOC)CCO3)[C@H]1c1ccc(COCCOC)cc1. The van der Waals surface area contributed by atoms with Gasteiger partial charge in [0.15, 0.2) is 0 Å². The van der Waals surface area contributed by atoms with Gasteiger partial charge in [-0.3, -0.25) is 0 Å². The maximum Gasteiger partial charge on any atom is 0.243 e. The molecule has 0 spiro atoms. The first-order valence-electron chi connectivity index (χ1n) is 17.1. The molecule has 1 radical (unpaired) electrons. The molecule has 11 heteroatoms. The summed E-state index contributed by atoms with van der Waals surface area (Å²) >= 11 is 0. The Morgan fingerprint density at radius 1 is 0.837 bits per heavy atom. The minimum absolute atomic E-state index is 0.185. The molecular formula is C38H51N2O8S. The Balaban J connectivity index is 1.42. The summed E-state index contributed by atoms with van der Waals surface area (Å²) in [5.74, 6) is 0.636. The molecule has 2 heterocycles. The van der Waals surface area contributed by atoms with Crippen LogP contribution >= 0.6 is 0 Å². The molecule has 2 aliphatic heterocycles. The lowest BCUT2D eigenvalue weighted by molar-refractivity contribution is -0.0780. The Kier molecular flexibility index (Phi) is 13.9. The predicted octanol–water partition coefficient (Wildman–Crippen LogP) is 5.38. The van der Waals surface area contributed by atoms with Crippen molar-refractivity contribution in [1.29, 1.82) is 0 Å². The molecule has 5 rings (SSSR count). The number of hydrogen-bond donors (Lipinski definition) is 0. The van der Waals surface area contributed by atoms with E-state index in [-0.39, 0.29) is 23.9 Å². The Bertz CT molecular complexity index is 1550. The third-order valence-corrected chi connectivity index (χ3v) is 10.8. The van der Waals surface area contributed by atoms with E-state index in [1.165, 1.54) is 4.31 Å². The van der Waals surface area contributed by atoms with E-state index in [0.29, 0.717) is 52.7 Å². The van der Waals surface area contributed by atoms with Crippen molar-refractivity contribution in [3.8, 4) is 5.75 Å². The minimum Gasteiger partial charge on any atom is -0.490 e. The molecule has 0 unspecified atom stereocenters. The van der Waals surface area contributed by atoms with Crippen LogP contribution in [0.15, 0.2) is 71.6 Å². The fourth-order valence-electron chi connectivity index (χ4n) is 6.39. The minimum atomic E-state index is -3.81. The zero-order valence-electron chi connectivity index (χ0n) is 29.1. The third kappa shape index (κ3) is 9.82. The van der Waals surface area contributed by atoms with Crippen molar-refractivity contribution in [1.82, 2.24) is 4.31 Å². The number of hydrogen-bond acceptors (Lipinski definition) is 9. The summed E-state index contributed by atoms with van der Waals surface area (Å²) in [6.45, 7) is 11.5. The van der Waals surface area contributed by atoms with E-state index in [9.17, 15) is 8.42 Å². The summed E-state index contributed by atoms with van der Waals surface area (Å²) < 4.78 is 64.8. The number of methoxy groups -OCH3 is 2. The standard InChI is InChI=1S/C38H51N2O8S/c1-5-19-46-36-25-40(49(41,42)33-14-7-29(2)8-15-33)26-37(38(36)32-12-9-30(10-13-32)27-45-23-22-44-4)48-28-31-11-16-35-34(24-31)39(18-21-47-35)17-6-20-43-3/h7-16,24,36-38H,1,5-6,17-23,25-28H2,2-4H3/t36-,37+,38+/m1/s1. The number of piperidine rings is 1. The van der Waals surface area contributed by atoms with Gasteiger partial charge in [-0.2, -0.15) is 4.31 Å². The van der Waals surface area contributed by atoms with Crippen molar-refractivity contribution >= 4 is 15.7 Å². The maximum atomic E-state index is 14.0. The number of anilines is 1.